The molecule has 0 N–H and O–H groups in total. The topological polar surface area (TPSA) is 12.9 Å². The van der Waals surface area contributed by atoms with E-state index in [1.54, 1.807) is 0 Å². The largest absolute Gasteiger partial charge is 0.256 e. The molecule has 0 amide bonds. The minimum Gasteiger partial charge on any atom is -0.256 e. The van der Waals surface area contributed by atoms with Gasteiger partial charge in [0.25, 0.3) is 0 Å². The number of rotatable bonds is 2. The van der Waals surface area contributed by atoms with Gasteiger partial charge in [0.05, 0.1) is 5.52 Å². The summed E-state index contributed by atoms with van der Waals surface area (Å²) >= 11 is 0. The van der Waals surface area contributed by atoms with Crippen molar-refractivity contribution < 1.29 is 0 Å². The van der Waals surface area contributed by atoms with E-state index in [9.17, 15) is 0 Å². The van der Waals surface area contributed by atoms with E-state index in [0.717, 1.165) is 11.4 Å². The van der Waals surface area contributed by atoms with Crippen LogP contribution in [0.4, 0.5) is 0 Å². The number of nitrogens with zero attached hydrogens (tertiary/aromatic N) is 1. The van der Waals surface area contributed by atoms with Crippen molar-refractivity contribution in [2.24, 2.45) is 5.92 Å². The molecule has 0 saturated heterocycles. The molecule has 1 nitrogen and oxygen atoms in total. The Labute approximate surface area is 104 Å². The maximum atomic E-state index is 4.40. The fraction of sp³-hybridized carbons (Fsp3) is 0.438. The fourth-order valence-electron chi connectivity index (χ4n) is 2.37. The summed E-state index contributed by atoms with van der Waals surface area (Å²) in [6.45, 7) is 6.35. The molecule has 90 valence electrons. The number of hydrogen-bond donors (Lipinski definition) is 0. The molecule has 17 heavy (non-hydrogen) atoms. The van der Waals surface area contributed by atoms with Gasteiger partial charge in [-0.2, -0.15) is 0 Å². The van der Waals surface area contributed by atoms with Gasteiger partial charge >= 0.3 is 0 Å². The third-order valence-corrected chi connectivity index (χ3v) is 3.50. The highest BCUT2D eigenvalue weighted by Gasteiger charge is 2.29. The van der Waals surface area contributed by atoms with E-state index < -0.39 is 0 Å². The maximum absolute atomic E-state index is 4.40. The molecule has 1 heteroatoms. The number of para-hydroxylation sites is 1. The molecule has 0 aliphatic heterocycles. The van der Waals surface area contributed by atoms with Gasteiger partial charge in [0.15, 0.2) is 0 Å². The Balaban J connectivity index is 0.000000514. The fourth-order valence-corrected chi connectivity index (χ4v) is 2.37. The summed E-state index contributed by atoms with van der Waals surface area (Å²) in [6.07, 6.45) is 4.74. The first-order valence-corrected chi connectivity index (χ1v) is 6.70. The Hall–Kier alpha value is -1.37. The summed E-state index contributed by atoms with van der Waals surface area (Å²) < 4.78 is 0. The van der Waals surface area contributed by atoms with Crippen LogP contribution in [-0.2, 0) is 0 Å². The van der Waals surface area contributed by atoms with Crippen molar-refractivity contribution >= 4 is 10.9 Å². The van der Waals surface area contributed by atoms with Gasteiger partial charge in [-0.25, -0.2) is 0 Å². The van der Waals surface area contributed by atoms with Crippen molar-refractivity contribution in [3.8, 4) is 0 Å². The number of pyridine rings is 1. The van der Waals surface area contributed by atoms with Crippen molar-refractivity contribution in [1.82, 2.24) is 4.98 Å². The summed E-state index contributed by atoms with van der Waals surface area (Å²) in [7, 11) is 0. The number of benzene rings is 1. The Bertz CT molecular complexity index is 480. The van der Waals surface area contributed by atoms with Crippen molar-refractivity contribution in [1.29, 1.82) is 0 Å². The van der Waals surface area contributed by atoms with E-state index in [-0.39, 0.29) is 0 Å². The van der Waals surface area contributed by atoms with Gasteiger partial charge < -0.3 is 0 Å². The molecule has 1 heterocycles. The second-order valence-electron chi connectivity index (χ2n) is 4.54. The smallest absolute Gasteiger partial charge is 0.0704 e. The Kier molecular flexibility index (Phi) is 3.78. The minimum absolute atomic E-state index is 0.692. The molecule has 0 bridgehead atoms. The van der Waals surface area contributed by atoms with Gasteiger partial charge in [-0.05, 0) is 42.4 Å². The zero-order valence-corrected chi connectivity index (χ0v) is 11.0. The molecule has 1 aromatic carbocycles. The molecule has 1 unspecified atom stereocenters. The summed E-state index contributed by atoms with van der Waals surface area (Å²) in [5.41, 5.74) is 2.60. The summed E-state index contributed by atoms with van der Waals surface area (Å²) in [5, 5.41) is 1.33. The highest BCUT2D eigenvalue weighted by Crippen LogP contribution is 2.43. The highest BCUT2D eigenvalue weighted by atomic mass is 14.6. The van der Waals surface area contributed by atoms with Crippen LogP contribution in [0.3, 0.4) is 0 Å². The molecule has 1 fully saturated rings. The van der Waals surface area contributed by atoms with Crippen molar-refractivity contribution in [2.45, 2.75) is 39.5 Å². The van der Waals surface area contributed by atoms with Crippen molar-refractivity contribution in [2.75, 3.05) is 0 Å². The Morgan fingerprint density at radius 2 is 1.82 bits per heavy atom. The van der Waals surface area contributed by atoms with Crippen LogP contribution >= 0.6 is 0 Å². The predicted octanol–water partition coefficient (Wildman–Crippen LogP) is 4.77. The summed E-state index contributed by atoms with van der Waals surface area (Å²) in [5.74, 6) is 1.61. The first-order chi connectivity index (χ1) is 8.36. The van der Waals surface area contributed by atoms with E-state index in [4.69, 9.17) is 0 Å². The predicted molar refractivity (Wildman–Crippen MR) is 74.2 cm³/mol. The lowest BCUT2D eigenvalue weighted by molar-refractivity contribution is 0.668. The highest BCUT2D eigenvalue weighted by molar-refractivity contribution is 5.82. The van der Waals surface area contributed by atoms with Crippen LogP contribution in [0.5, 0.6) is 0 Å². The molecule has 1 aliphatic carbocycles. The van der Waals surface area contributed by atoms with Gasteiger partial charge in [0.2, 0.25) is 0 Å². The van der Waals surface area contributed by atoms with Crippen LogP contribution in [0.2, 0.25) is 0 Å². The quantitative estimate of drug-likeness (QED) is 0.719. The van der Waals surface area contributed by atoms with E-state index >= 15 is 0 Å². The monoisotopic (exact) mass is 227 g/mol. The van der Waals surface area contributed by atoms with Gasteiger partial charge in [-0.15, -0.1) is 0 Å². The van der Waals surface area contributed by atoms with Crippen LogP contribution < -0.4 is 0 Å². The van der Waals surface area contributed by atoms with E-state index in [1.807, 2.05) is 20.0 Å². The second kappa shape index (κ2) is 5.31. The molecule has 1 aliphatic rings. The lowest BCUT2D eigenvalue weighted by atomic mass is 9.93. The molecule has 0 spiro atoms. The normalized spacial score (nSPS) is 16.2. The molecule has 3 rings (SSSR count). The average Bonchev–Trinajstić information content (AvgIpc) is 3.24. The molecule has 2 aromatic rings. The molecule has 1 saturated carbocycles. The van der Waals surface area contributed by atoms with E-state index in [1.165, 1.54) is 23.8 Å². The van der Waals surface area contributed by atoms with Crippen LogP contribution in [0.15, 0.2) is 36.5 Å². The standard InChI is InChI=1S/C14H15N.C2H6/c1-10(11-6-7-11)12-8-9-15-14-5-3-2-4-13(12)14;1-2/h2-5,8-11H,6-7H2,1H3;1-2H3. The SMILES string of the molecule is CC.CC(c1ccnc2ccccc12)C1CC1. The molecule has 1 aromatic heterocycles. The van der Waals surface area contributed by atoms with Crippen LogP contribution in [0.1, 0.15) is 45.1 Å². The van der Waals surface area contributed by atoms with Crippen LogP contribution in [-0.4, -0.2) is 4.98 Å². The van der Waals surface area contributed by atoms with Crippen LogP contribution in [0.25, 0.3) is 10.9 Å². The lowest BCUT2D eigenvalue weighted by Gasteiger charge is -2.12. The Morgan fingerprint density at radius 1 is 1.12 bits per heavy atom. The number of aromatic nitrogens is 1. The van der Waals surface area contributed by atoms with E-state index in [0.29, 0.717) is 5.92 Å². The molecule has 1 atom stereocenters. The summed E-state index contributed by atoms with van der Waals surface area (Å²) in [6, 6.07) is 10.6. The first-order valence-electron chi connectivity index (χ1n) is 6.70. The average molecular weight is 227 g/mol. The zero-order valence-electron chi connectivity index (χ0n) is 11.0. The molecular weight excluding hydrogens is 206 g/mol. The zero-order chi connectivity index (χ0) is 12.3. The minimum atomic E-state index is 0.692. The van der Waals surface area contributed by atoms with Gasteiger partial charge in [-0.3, -0.25) is 4.98 Å². The Morgan fingerprint density at radius 3 is 2.53 bits per heavy atom. The van der Waals surface area contributed by atoms with Gasteiger partial charge in [0, 0.05) is 11.6 Å². The molecule has 0 radical (unpaired) electrons. The van der Waals surface area contributed by atoms with Gasteiger partial charge in [0.1, 0.15) is 0 Å². The molecular formula is C16H21N. The summed E-state index contributed by atoms with van der Waals surface area (Å²) in [4.78, 5) is 4.40. The number of fused-ring (bicyclic) bond motifs is 1. The van der Waals surface area contributed by atoms with Gasteiger partial charge in [-0.1, -0.05) is 39.0 Å². The van der Waals surface area contributed by atoms with Crippen molar-refractivity contribution in [3.05, 3.63) is 42.1 Å². The third-order valence-electron chi connectivity index (χ3n) is 3.50. The van der Waals surface area contributed by atoms with E-state index in [2.05, 4.69) is 42.2 Å². The first kappa shape index (κ1) is 12.1. The third kappa shape index (κ3) is 2.49. The second-order valence-corrected chi connectivity index (χ2v) is 4.54. The lowest BCUT2D eigenvalue weighted by Crippen LogP contribution is -1.97. The van der Waals surface area contributed by atoms with Crippen molar-refractivity contribution in [3.63, 3.8) is 0 Å². The maximum Gasteiger partial charge on any atom is 0.0704 e. The number of hydrogen-bond acceptors (Lipinski definition) is 1. The van der Waals surface area contributed by atoms with Crippen LogP contribution in [0, 0.1) is 5.92 Å².